The van der Waals surface area contributed by atoms with Gasteiger partial charge in [0.1, 0.15) is 5.82 Å². The second-order valence-corrected chi connectivity index (χ2v) is 9.70. The molecule has 32 heavy (non-hydrogen) atoms. The van der Waals surface area contributed by atoms with Gasteiger partial charge >= 0.3 is 0 Å². The number of rotatable bonds is 8. The van der Waals surface area contributed by atoms with Crippen molar-refractivity contribution in [3.8, 4) is 0 Å². The molecule has 1 N–H and O–H groups in total. The molecule has 1 aromatic heterocycles. The van der Waals surface area contributed by atoms with E-state index in [1.54, 1.807) is 16.7 Å². The fraction of sp³-hybridized carbons (Fsp3) is 0.583. The highest BCUT2D eigenvalue weighted by Gasteiger charge is 2.35. The van der Waals surface area contributed by atoms with Crippen LogP contribution in [-0.2, 0) is 16.0 Å². The summed E-state index contributed by atoms with van der Waals surface area (Å²) in [5, 5.41) is 12.8. The van der Waals surface area contributed by atoms with Crippen LogP contribution in [0.25, 0.3) is 0 Å². The normalized spacial score (nSPS) is 19.2. The maximum Gasteiger partial charge on any atom is 0.227 e. The van der Waals surface area contributed by atoms with E-state index in [0.29, 0.717) is 19.1 Å². The summed E-state index contributed by atoms with van der Waals surface area (Å²) in [5.74, 6) is 0.710. The van der Waals surface area contributed by atoms with Crippen molar-refractivity contribution < 1.29 is 9.59 Å². The number of anilines is 1. The second-order valence-electron chi connectivity index (χ2n) is 8.93. The van der Waals surface area contributed by atoms with E-state index in [1.165, 1.54) is 25.7 Å². The highest BCUT2D eigenvalue weighted by atomic mass is 32.2. The lowest BCUT2D eigenvalue weighted by atomic mass is 10.1. The van der Waals surface area contributed by atoms with Crippen LogP contribution in [0.4, 0.5) is 5.69 Å². The van der Waals surface area contributed by atoms with Crippen molar-refractivity contribution in [3.63, 3.8) is 0 Å². The summed E-state index contributed by atoms with van der Waals surface area (Å²) in [7, 11) is 0. The van der Waals surface area contributed by atoms with Crippen molar-refractivity contribution in [1.29, 1.82) is 0 Å². The summed E-state index contributed by atoms with van der Waals surface area (Å²) in [6, 6.07) is 6.48. The zero-order valence-electron chi connectivity index (χ0n) is 19.3. The summed E-state index contributed by atoms with van der Waals surface area (Å²) in [6.07, 6.45) is 8.85. The molecule has 172 valence electrons. The van der Waals surface area contributed by atoms with Gasteiger partial charge in [-0.15, -0.1) is 10.2 Å². The Kier molecular flexibility index (Phi) is 7.18. The largest absolute Gasteiger partial charge is 0.356 e. The van der Waals surface area contributed by atoms with Crippen LogP contribution >= 0.6 is 11.8 Å². The van der Waals surface area contributed by atoms with Crippen LogP contribution in [0.15, 0.2) is 23.4 Å². The Morgan fingerprint density at radius 3 is 2.75 bits per heavy atom. The Morgan fingerprint density at radius 2 is 2.00 bits per heavy atom. The van der Waals surface area contributed by atoms with Gasteiger partial charge in [-0.05, 0) is 56.6 Å². The molecule has 1 aliphatic heterocycles. The van der Waals surface area contributed by atoms with E-state index in [0.717, 1.165) is 40.6 Å². The minimum atomic E-state index is -0.298. The predicted octanol–water partition coefficient (Wildman–Crippen LogP) is 3.83. The topological polar surface area (TPSA) is 80.1 Å². The molecule has 0 radical (unpaired) electrons. The number of hydrogen-bond donors (Lipinski definition) is 1. The molecule has 0 unspecified atom stereocenters. The molecule has 2 aromatic rings. The van der Waals surface area contributed by atoms with Crippen molar-refractivity contribution in [3.05, 3.63) is 35.2 Å². The van der Waals surface area contributed by atoms with E-state index in [4.69, 9.17) is 0 Å². The molecule has 0 bridgehead atoms. The van der Waals surface area contributed by atoms with Gasteiger partial charge in [-0.25, -0.2) is 0 Å². The van der Waals surface area contributed by atoms with Crippen LogP contribution in [0.3, 0.4) is 0 Å². The third-order valence-corrected chi connectivity index (χ3v) is 7.49. The van der Waals surface area contributed by atoms with E-state index in [1.807, 2.05) is 38.3 Å². The molecule has 1 saturated heterocycles. The first-order valence-electron chi connectivity index (χ1n) is 11.6. The number of hydrogen-bond acceptors (Lipinski definition) is 5. The number of carbonyl (C=O) groups excluding carboxylic acids is 2. The summed E-state index contributed by atoms with van der Waals surface area (Å²) in [5.41, 5.74) is 3.16. The molecular weight excluding hydrogens is 422 g/mol. The van der Waals surface area contributed by atoms with Crippen molar-refractivity contribution in [2.24, 2.45) is 5.92 Å². The Bertz CT molecular complexity index is 983. The highest BCUT2D eigenvalue weighted by molar-refractivity contribution is 7.98. The number of benzene rings is 1. The molecule has 2 amide bonds. The van der Waals surface area contributed by atoms with E-state index >= 15 is 0 Å². The molecule has 1 aliphatic carbocycles. The number of amides is 2. The molecule has 2 heterocycles. The number of nitrogens with zero attached hydrogens (tertiary/aromatic N) is 4. The first kappa shape index (κ1) is 22.8. The standard InChI is InChI=1S/C24H33N5O2S/c1-16-8-6-11-20(17(16)2)28-15-18(14-22(28)30)23(31)25-13-7-12-21-26-27-24(32-3)29(21)19-9-4-5-10-19/h6,8,11,18-19H,4-5,7,9-10,12-15H2,1-3H3,(H,25,31)/t18-/m0/s1. The van der Waals surface area contributed by atoms with Crippen LogP contribution in [0.2, 0.25) is 0 Å². The lowest BCUT2D eigenvalue weighted by Gasteiger charge is -2.20. The predicted molar refractivity (Wildman–Crippen MR) is 127 cm³/mol. The Morgan fingerprint density at radius 1 is 1.22 bits per heavy atom. The first-order chi connectivity index (χ1) is 15.5. The number of nitrogens with one attached hydrogen (secondary N) is 1. The SMILES string of the molecule is CSc1nnc(CCCNC(=O)[C@H]2CC(=O)N(c3cccc(C)c3C)C2)n1C1CCCC1. The molecule has 4 rings (SSSR count). The fourth-order valence-corrected chi connectivity index (χ4v) is 5.47. The van der Waals surface area contributed by atoms with E-state index in [2.05, 4.69) is 20.1 Å². The van der Waals surface area contributed by atoms with E-state index in [9.17, 15) is 9.59 Å². The zero-order valence-corrected chi connectivity index (χ0v) is 20.1. The Labute approximate surface area is 194 Å². The first-order valence-corrected chi connectivity index (χ1v) is 12.8. The van der Waals surface area contributed by atoms with Gasteiger partial charge in [-0.3, -0.25) is 9.59 Å². The van der Waals surface area contributed by atoms with Crippen molar-refractivity contribution in [2.75, 3.05) is 24.2 Å². The number of thioether (sulfide) groups is 1. The van der Waals surface area contributed by atoms with Crippen LogP contribution in [0.1, 0.15) is 61.5 Å². The summed E-state index contributed by atoms with van der Waals surface area (Å²) in [4.78, 5) is 27.1. The third kappa shape index (κ3) is 4.70. The van der Waals surface area contributed by atoms with Gasteiger partial charge < -0.3 is 14.8 Å². The van der Waals surface area contributed by atoms with Gasteiger partial charge in [0.2, 0.25) is 11.8 Å². The van der Waals surface area contributed by atoms with Gasteiger partial charge in [-0.2, -0.15) is 0 Å². The minimum absolute atomic E-state index is 0.0214. The van der Waals surface area contributed by atoms with Crippen molar-refractivity contribution >= 4 is 29.3 Å². The lowest BCUT2D eigenvalue weighted by molar-refractivity contribution is -0.126. The van der Waals surface area contributed by atoms with Gasteiger partial charge in [0.05, 0.1) is 5.92 Å². The average molecular weight is 456 g/mol. The molecule has 1 atom stereocenters. The number of aryl methyl sites for hydroxylation is 2. The molecule has 1 saturated carbocycles. The number of aromatic nitrogens is 3. The quantitative estimate of drug-likeness (QED) is 0.483. The van der Waals surface area contributed by atoms with Crippen molar-refractivity contribution in [1.82, 2.24) is 20.1 Å². The highest BCUT2D eigenvalue weighted by Crippen LogP contribution is 2.33. The number of carbonyl (C=O) groups is 2. The molecule has 7 nitrogen and oxygen atoms in total. The molecule has 8 heteroatoms. The Hall–Kier alpha value is -2.35. The van der Waals surface area contributed by atoms with E-state index in [-0.39, 0.29) is 24.2 Å². The summed E-state index contributed by atoms with van der Waals surface area (Å²) < 4.78 is 2.32. The maximum absolute atomic E-state index is 12.7. The third-order valence-electron chi connectivity index (χ3n) is 6.85. The Balaban J connectivity index is 1.29. The van der Waals surface area contributed by atoms with Gasteiger partial charge in [-0.1, -0.05) is 36.7 Å². The summed E-state index contributed by atoms with van der Waals surface area (Å²) >= 11 is 1.65. The van der Waals surface area contributed by atoms with Gasteiger partial charge in [0, 0.05) is 37.7 Å². The molecule has 2 fully saturated rings. The molecule has 2 aliphatic rings. The molecule has 1 aromatic carbocycles. The summed E-state index contributed by atoms with van der Waals surface area (Å²) in [6.45, 7) is 5.10. The van der Waals surface area contributed by atoms with Crippen molar-refractivity contribution in [2.45, 2.75) is 70.0 Å². The smallest absolute Gasteiger partial charge is 0.227 e. The second kappa shape index (κ2) is 10.1. The van der Waals surface area contributed by atoms with Crippen LogP contribution in [0.5, 0.6) is 0 Å². The average Bonchev–Trinajstić information content (AvgIpc) is 3.52. The van der Waals surface area contributed by atoms with Crippen LogP contribution in [-0.4, -0.2) is 45.9 Å². The molecular formula is C24H33N5O2S. The minimum Gasteiger partial charge on any atom is -0.356 e. The lowest BCUT2D eigenvalue weighted by Crippen LogP contribution is -2.34. The van der Waals surface area contributed by atoms with E-state index < -0.39 is 0 Å². The monoisotopic (exact) mass is 455 g/mol. The van der Waals surface area contributed by atoms with Crippen LogP contribution in [0, 0.1) is 19.8 Å². The molecule has 0 spiro atoms. The zero-order chi connectivity index (χ0) is 22.7. The fourth-order valence-electron chi connectivity index (χ4n) is 4.89. The van der Waals surface area contributed by atoms with Gasteiger partial charge in [0.15, 0.2) is 5.16 Å². The van der Waals surface area contributed by atoms with Crippen LogP contribution < -0.4 is 10.2 Å². The van der Waals surface area contributed by atoms with Gasteiger partial charge in [0.25, 0.3) is 0 Å². The maximum atomic E-state index is 12.7.